The number of rotatable bonds is 12. The zero-order chi connectivity index (χ0) is 15.3. The molecule has 1 aromatic carbocycles. The minimum atomic E-state index is 0.534. The lowest BCUT2D eigenvalue weighted by Gasteiger charge is -2.19. The van der Waals surface area contributed by atoms with Gasteiger partial charge in [0.15, 0.2) is 0 Å². The third kappa shape index (κ3) is 7.92. The summed E-state index contributed by atoms with van der Waals surface area (Å²) in [7, 11) is 0. The topological polar surface area (TPSA) is 12.0 Å². The van der Waals surface area contributed by atoms with Crippen LogP contribution in [0.3, 0.4) is 0 Å². The highest BCUT2D eigenvalue weighted by Gasteiger charge is 2.10. The summed E-state index contributed by atoms with van der Waals surface area (Å²) in [6.07, 6.45) is 9.29. The molecule has 0 amide bonds. The van der Waals surface area contributed by atoms with Crippen molar-refractivity contribution in [1.29, 1.82) is 0 Å². The lowest BCUT2D eigenvalue weighted by Crippen LogP contribution is -2.22. The first-order valence-corrected chi connectivity index (χ1v) is 9.76. The predicted octanol–water partition coefficient (Wildman–Crippen LogP) is 6.20. The van der Waals surface area contributed by atoms with Crippen molar-refractivity contribution in [2.75, 3.05) is 12.3 Å². The number of benzene rings is 1. The van der Waals surface area contributed by atoms with E-state index >= 15 is 0 Å². The number of thioether (sulfide) groups is 1. The molecular formula is C19H33NS. The number of unbranched alkanes of at least 4 members (excludes halogenated alkanes) is 4. The van der Waals surface area contributed by atoms with Gasteiger partial charge in [0.1, 0.15) is 0 Å². The molecule has 0 fully saturated rings. The molecule has 0 aliphatic heterocycles. The molecule has 1 aromatic rings. The zero-order valence-electron chi connectivity index (χ0n) is 14.2. The second-order valence-electron chi connectivity index (χ2n) is 5.71. The van der Waals surface area contributed by atoms with Crippen LogP contribution in [0.1, 0.15) is 77.3 Å². The first-order chi connectivity index (χ1) is 10.3. The highest BCUT2D eigenvalue weighted by Crippen LogP contribution is 2.24. The molecule has 1 nitrogen and oxygen atoms in total. The van der Waals surface area contributed by atoms with Crippen LogP contribution >= 0.6 is 11.8 Å². The Morgan fingerprint density at radius 2 is 1.62 bits per heavy atom. The summed E-state index contributed by atoms with van der Waals surface area (Å²) in [5.74, 6) is 1.15. The molecule has 0 radical (unpaired) electrons. The van der Waals surface area contributed by atoms with Gasteiger partial charge in [-0.25, -0.2) is 0 Å². The van der Waals surface area contributed by atoms with Gasteiger partial charge in [-0.2, -0.15) is 0 Å². The van der Waals surface area contributed by atoms with Gasteiger partial charge in [-0.15, -0.1) is 11.8 Å². The molecule has 0 aliphatic carbocycles. The highest BCUT2D eigenvalue weighted by molar-refractivity contribution is 7.99. The molecule has 120 valence electrons. The number of nitrogens with one attached hydrogen (secondary N) is 1. The van der Waals surface area contributed by atoms with E-state index in [2.05, 4.69) is 50.4 Å². The number of hydrogen-bond acceptors (Lipinski definition) is 2. The highest BCUT2D eigenvalue weighted by atomic mass is 32.2. The van der Waals surface area contributed by atoms with Crippen LogP contribution in [0.5, 0.6) is 0 Å². The summed E-state index contributed by atoms with van der Waals surface area (Å²) in [5, 5.41) is 3.72. The number of hydrogen-bond donors (Lipinski definition) is 1. The second-order valence-corrected chi connectivity index (χ2v) is 7.05. The average molecular weight is 308 g/mol. The molecule has 0 spiro atoms. The van der Waals surface area contributed by atoms with Crippen molar-refractivity contribution in [2.45, 2.75) is 76.7 Å². The third-order valence-corrected chi connectivity index (χ3v) is 4.72. The summed E-state index contributed by atoms with van der Waals surface area (Å²) in [6.45, 7) is 7.85. The molecule has 0 aliphatic rings. The summed E-state index contributed by atoms with van der Waals surface area (Å²) in [4.78, 5) is 1.39. The molecule has 1 rings (SSSR count). The Labute approximate surface area is 136 Å². The van der Waals surface area contributed by atoms with Crippen LogP contribution in [-0.4, -0.2) is 12.3 Å². The molecule has 0 saturated heterocycles. The van der Waals surface area contributed by atoms with Crippen LogP contribution in [0.4, 0.5) is 0 Å². The van der Waals surface area contributed by atoms with Crippen molar-refractivity contribution in [2.24, 2.45) is 0 Å². The molecule has 0 heterocycles. The van der Waals surface area contributed by atoms with E-state index < -0.39 is 0 Å². The summed E-state index contributed by atoms with van der Waals surface area (Å²) in [6, 6.07) is 9.73. The summed E-state index contributed by atoms with van der Waals surface area (Å²) >= 11 is 1.92. The van der Waals surface area contributed by atoms with Gasteiger partial charge in [0.2, 0.25) is 0 Å². The SMILES string of the molecule is CCCCCCCC(NCCC)c1ccc(SCC)cc1. The molecule has 1 unspecified atom stereocenters. The maximum atomic E-state index is 3.72. The van der Waals surface area contributed by atoms with E-state index in [9.17, 15) is 0 Å². The zero-order valence-corrected chi connectivity index (χ0v) is 15.0. The fraction of sp³-hybridized carbons (Fsp3) is 0.684. The Balaban J connectivity index is 2.50. The Kier molecular flexibility index (Phi) is 10.7. The van der Waals surface area contributed by atoms with E-state index in [1.54, 1.807) is 0 Å². The minimum absolute atomic E-state index is 0.534. The first kappa shape index (κ1) is 18.6. The lowest BCUT2D eigenvalue weighted by atomic mass is 9.99. The quantitative estimate of drug-likeness (QED) is 0.364. The van der Waals surface area contributed by atoms with Gasteiger partial charge in [0.25, 0.3) is 0 Å². The maximum absolute atomic E-state index is 3.72. The fourth-order valence-corrected chi connectivity index (χ4v) is 3.28. The van der Waals surface area contributed by atoms with Gasteiger partial charge in [-0.3, -0.25) is 0 Å². The van der Waals surface area contributed by atoms with Gasteiger partial charge >= 0.3 is 0 Å². The first-order valence-electron chi connectivity index (χ1n) is 8.77. The van der Waals surface area contributed by atoms with Crippen molar-refractivity contribution in [3.8, 4) is 0 Å². The summed E-state index contributed by atoms with van der Waals surface area (Å²) in [5.41, 5.74) is 1.46. The van der Waals surface area contributed by atoms with E-state index in [1.807, 2.05) is 11.8 Å². The van der Waals surface area contributed by atoms with Crippen molar-refractivity contribution >= 4 is 11.8 Å². The molecule has 0 bridgehead atoms. The van der Waals surface area contributed by atoms with E-state index in [-0.39, 0.29) is 0 Å². The van der Waals surface area contributed by atoms with Crippen molar-refractivity contribution in [3.63, 3.8) is 0 Å². The molecule has 1 atom stereocenters. The van der Waals surface area contributed by atoms with Crippen LogP contribution < -0.4 is 5.32 Å². The van der Waals surface area contributed by atoms with Crippen LogP contribution in [0.25, 0.3) is 0 Å². The van der Waals surface area contributed by atoms with Crippen molar-refractivity contribution in [3.05, 3.63) is 29.8 Å². The molecule has 21 heavy (non-hydrogen) atoms. The largest absolute Gasteiger partial charge is 0.310 e. The second kappa shape index (κ2) is 12.1. The normalized spacial score (nSPS) is 12.5. The fourth-order valence-electron chi connectivity index (χ4n) is 2.62. The molecule has 1 N–H and O–H groups in total. The third-order valence-electron chi connectivity index (χ3n) is 3.83. The van der Waals surface area contributed by atoms with Crippen LogP contribution in [-0.2, 0) is 0 Å². The monoisotopic (exact) mass is 307 g/mol. The van der Waals surface area contributed by atoms with E-state index in [0.29, 0.717) is 6.04 Å². The maximum Gasteiger partial charge on any atom is 0.0320 e. The van der Waals surface area contributed by atoms with E-state index in [1.165, 1.54) is 55.4 Å². The smallest absolute Gasteiger partial charge is 0.0320 e. The van der Waals surface area contributed by atoms with Crippen LogP contribution in [0.2, 0.25) is 0 Å². The van der Waals surface area contributed by atoms with Gasteiger partial charge in [-0.1, -0.05) is 65.0 Å². The molecular weight excluding hydrogens is 274 g/mol. The average Bonchev–Trinajstić information content (AvgIpc) is 2.51. The van der Waals surface area contributed by atoms with E-state index in [4.69, 9.17) is 0 Å². The Morgan fingerprint density at radius 3 is 2.24 bits per heavy atom. The van der Waals surface area contributed by atoms with Gasteiger partial charge < -0.3 is 5.32 Å². The van der Waals surface area contributed by atoms with Gasteiger partial charge in [0.05, 0.1) is 0 Å². The predicted molar refractivity (Wildman–Crippen MR) is 97.3 cm³/mol. The Morgan fingerprint density at radius 1 is 0.905 bits per heavy atom. The Hall–Kier alpha value is -0.470. The standard InChI is InChI=1S/C19H33NS/c1-4-7-8-9-10-11-19(20-16-5-2)17-12-14-18(15-13-17)21-6-3/h12-15,19-20H,4-11,16H2,1-3H3. The van der Waals surface area contributed by atoms with Crippen molar-refractivity contribution < 1.29 is 0 Å². The van der Waals surface area contributed by atoms with Crippen LogP contribution in [0, 0.1) is 0 Å². The minimum Gasteiger partial charge on any atom is -0.310 e. The molecule has 0 saturated carbocycles. The van der Waals surface area contributed by atoms with E-state index in [0.717, 1.165) is 12.3 Å². The van der Waals surface area contributed by atoms with Gasteiger partial charge in [0, 0.05) is 10.9 Å². The van der Waals surface area contributed by atoms with Crippen LogP contribution in [0.15, 0.2) is 29.2 Å². The van der Waals surface area contributed by atoms with Gasteiger partial charge in [-0.05, 0) is 42.8 Å². The van der Waals surface area contributed by atoms with Crippen molar-refractivity contribution in [1.82, 2.24) is 5.32 Å². The summed E-state index contributed by atoms with van der Waals surface area (Å²) < 4.78 is 0. The molecule has 0 aromatic heterocycles. The Bertz CT molecular complexity index is 347. The molecule has 2 heteroatoms. The lowest BCUT2D eigenvalue weighted by molar-refractivity contribution is 0.468.